The fraction of sp³-hybridized carbons (Fsp3) is 0.273. The highest BCUT2D eigenvalue weighted by Gasteiger charge is 2.22. The first-order valence-electron chi connectivity index (χ1n) is 5.12. The third kappa shape index (κ3) is 2.47. The van der Waals surface area contributed by atoms with Gasteiger partial charge in [-0.1, -0.05) is 19.1 Å². The highest BCUT2D eigenvalue weighted by molar-refractivity contribution is 6.14. The van der Waals surface area contributed by atoms with Crippen molar-refractivity contribution in [2.24, 2.45) is 11.5 Å². The molecule has 5 N–H and O–H groups in total. The van der Waals surface area contributed by atoms with Gasteiger partial charge in [-0.25, -0.2) is 9.69 Å². The van der Waals surface area contributed by atoms with Gasteiger partial charge in [0.25, 0.3) is 0 Å². The maximum Gasteiger partial charge on any atom is 0.326 e. The molecule has 17 heavy (non-hydrogen) atoms. The van der Waals surface area contributed by atoms with Crippen LogP contribution in [-0.4, -0.2) is 19.1 Å². The van der Waals surface area contributed by atoms with Gasteiger partial charge in [0.2, 0.25) is 5.96 Å². The molecule has 2 amide bonds. The van der Waals surface area contributed by atoms with Crippen LogP contribution in [0.3, 0.4) is 0 Å². The van der Waals surface area contributed by atoms with Crippen LogP contribution in [0.5, 0.6) is 5.75 Å². The van der Waals surface area contributed by atoms with E-state index in [0.29, 0.717) is 17.9 Å². The van der Waals surface area contributed by atoms with E-state index in [1.807, 2.05) is 13.0 Å². The predicted molar refractivity (Wildman–Crippen MR) is 66.3 cm³/mol. The largest absolute Gasteiger partial charge is 0.495 e. The summed E-state index contributed by atoms with van der Waals surface area (Å²) < 4.78 is 5.17. The Balaban J connectivity index is 3.44. The summed E-state index contributed by atoms with van der Waals surface area (Å²) in [5.74, 6) is 0.0232. The van der Waals surface area contributed by atoms with E-state index in [1.54, 1.807) is 12.1 Å². The highest BCUT2D eigenvalue weighted by atomic mass is 16.5. The van der Waals surface area contributed by atoms with Gasteiger partial charge in [-0.2, -0.15) is 0 Å². The number of aryl methyl sites for hydroxylation is 1. The SMILES string of the molecule is CCc1cccc(OC)c1N(C(=N)N)C(N)=O. The van der Waals surface area contributed by atoms with Crippen molar-refractivity contribution in [3.63, 3.8) is 0 Å². The lowest BCUT2D eigenvalue weighted by atomic mass is 10.1. The summed E-state index contributed by atoms with van der Waals surface area (Å²) in [6.07, 6.45) is 0.670. The Bertz CT molecular complexity index is 409. The molecule has 0 aromatic heterocycles. The summed E-state index contributed by atoms with van der Waals surface area (Å²) in [7, 11) is 1.48. The Hall–Kier alpha value is -2.24. The number of methoxy groups -OCH3 is 1. The Morgan fingerprint density at radius 1 is 1.47 bits per heavy atom. The summed E-state index contributed by atoms with van der Waals surface area (Å²) in [5.41, 5.74) is 11.9. The van der Waals surface area contributed by atoms with Crippen molar-refractivity contribution < 1.29 is 9.53 Å². The van der Waals surface area contributed by atoms with Crippen LogP contribution in [0.1, 0.15) is 12.5 Å². The molecule has 0 atom stereocenters. The van der Waals surface area contributed by atoms with Gasteiger partial charge in [-0.3, -0.25) is 5.41 Å². The molecule has 0 saturated carbocycles. The summed E-state index contributed by atoms with van der Waals surface area (Å²) in [6.45, 7) is 1.93. The molecule has 0 aliphatic carbocycles. The monoisotopic (exact) mass is 236 g/mol. The van der Waals surface area contributed by atoms with Crippen LogP contribution in [0, 0.1) is 5.41 Å². The van der Waals surface area contributed by atoms with Crippen LogP contribution in [-0.2, 0) is 6.42 Å². The molecule has 0 heterocycles. The van der Waals surface area contributed by atoms with E-state index in [9.17, 15) is 4.79 Å². The number of hydrogen-bond donors (Lipinski definition) is 3. The maximum atomic E-state index is 11.3. The molecule has 0 unspecified atom stereocenters. The third-order valence-corrected chi connectivity index (χ3v) is 2.37. The Kier molecular flexibility index (Phi) is 3.92. The average Bonchev–Trinajstić information content (AvgIpc) is 2.28. The van der Waals surface area contributed by atoms with Gasteiger partial charge in [-0.05, 0) is 18.1 Å². The second-order valence-corrected chi connectivity index (χ2v) is 3.38. The number of para-hydroxylation sites is 1. The number of ether oxygens (including phenoxy) is 1. The number of primary amides is 1. The Labute approximate surface area is 99.7 Å². The normalized spacial score (nSPS) is 9.76. The van der Waals surface area contributed by atoms with Crippen LogP contribution in [0.2, 0.25) is 0 Å². The maximum absolute atomic E-state index is 11.3. The fourth-order valence-electron chi connectivity index (χ4n) is 1.62. The van der Waals surface area contributed by atoms with Crippen molar-refractivity contribution in [3.8, 4) is 5.75 Å². The molecule has 1 aromatic carbocycles. The molecule has 0 saturated heterocycles. The lowest BCUT2D eigenvalue weighted by Crippen LogP contribution is -2.45. The number of guanidine groups is 1. The van der Waals surface area contributed by atoms with Crippen molar-refractivity contribution >= 4 is 17.7 Å². The minimum Gasteiger partial charge on any atom is -0.495 e. The lowest BCUT2D eigenvalue weighted by molar-refractivity contribution is 0.256. The standard InChI is InChI=1S/C11H16N4O2/c1-3-7-5-4-6-8(17-2)9(7)15(10(12)13)11(14)16/h4-6H,3H2,1-2H3,(H3,12,13)(H2,14,16). The number of carbonyl (C=O) groups excluding carboxylic acids is 1. The smallest absolute Gasteiger partial charge is 0.326 e. The van der Waals surface area contributed by atoms with Crippen molar-refractivity contribution in [2.75, 3.05) is 12.0 Å². The number of amides is 2. The van der Waals surface area contributed by atoms with Gasteiger partial charge in [0.15, 0.2) is 0 Å². The summed E-state index contributed by atoms with van der Waals surface area (Å²) in [4.78, 5) is 12.3. The zero-order valence-electron chi connectivity index (χ0n) is 9.86. The molecule has 0 fully saturated rings. The van der Waals surface area contributed by atoms with Gasteiger partial charge in [0.05, 0.1) is 12.8 Å². The molecule has 0 bridgehead atoms. The molecule has 92 valence electrons. The quantitative estimate of drug-likeness (QED) is 0.539. The number of urea groups is 1. The highest BCUT2D eigenvalue weighted by Crippen LogP contribution is 2.32. The first kappa shape index (κ1) is 12.8. The minimum atomic E-state index is -0.809. The number of nitrogens with two attached hydrogens (primary N) is 2. The molecule has 0 aliphatic rings. The van der Waals surface area contributed by atoms with Gasteiger partial charge in [0, 0.05) is 0 Å². The second-order valence-electron chi connectivity index (χ2n) is 3.38. The van der Waals surface area contributed by atoms with Gasteiger partial charge < -0.3 is 16.2 Å². The minimum absolute atomic E-state index is 0.428. The summed E-state index contributed by atoms with van der Waals surface area (Å²) in [6, 6.07) is 4.52. The molecule has 0 spiro atoms. The molecule has 0 aliphatic heterocycles. The lowest BCUT2D eigenvalue weighted by Gasteiger charge is -2.23. The zero-order chi connectivity index (χ0) is 13.0. The Morgan fingerprint density at radius 2 is 2.12 bits per heavy atom. The van der Waals surface area contributed by atoms with Crippen molar-refractivity contribution in [2.45, 2.75) is 13.3 Å². The predicted octanol–water partition coefficient (Wildman–Crippen LogP) is 1.04. The first-order chi connectivity index (χ1) is 8.02. The van der Waals surface area contributed by atoms with E-state index in [-0.39, 0.29) is 0 Å². The molecule has 6 nitrogen and oxygen atoms in total. The van der Waals surface area contributed by atoms with E-state index in [0.717, 1.165) is 10.5 Å². The van der Waals surface area contributed by atoms with E-state index in [2.05, 4.69) is 0 Å². The van der Waals surface area contributed by atoms with Gasteiger partial charge in [0.1, 0.15) is 5.75 Å². The van der Waals surface area contributed by atoms with Crippen LogP contribution >= 0.6 is 0 Å². The van der Waals surface area contributed by atoms with E-state index >= 15 is 0 Å². The molecule has 6 heteroatoms. The third-order valence-electron chi connectivity index (χ3n) is 2.37. The second kappa shape index (κ2) is 5.20. The van der Waals surface area contributed by atoms with Gasteiger partial charge in [-0.15, -0.1) is 0 Å². The van der Waals surface area contributed by atoms with Crippen molar-refractivity contribution in [1.29, 1.82) is 5.41 Å². The molecule has 1 rings (SSSR count). The molecule has 0 radical (unpaired) electrons. The van der Waals surface area contributed by atoms with Crippen molar-refractivity contribution in [1.82, 2.24) is 0 Å². The average molecular weight is 236 g/mol. The fourth-order valence-corrected chi connectivity index (χ4v) is 1.62. The number of rotatable bonds is 3. The van der Waals surface area contributed by atoms with Crippen LogP contribution in [0.4, 0.5) is 10.5 Å². The van der Waals surface area contributed by atoms with Crippen LogP contribution in [0.15, 0.2) is 18.2 Å². The van der Waals surface area contributed by atoms with Crippen LogP contribution in [0.25, 0.3) is 0 Å². The Morgan fingerprint density at radius 3 is 2.53 bits per heavy atom. The van der Waals surface area contributed by atoms with E-state index < -0.39 is 12.0 Å². The number of anilines is 1. The summed E-state index contributed by atoms with van der Waals surface area (Å²) >= 11 is 0. The van der Waals surface area contributed by atoms with Crippen LogP contribution < -0.4 is 21.1 Å². The topological polar surface area (TPSA) is 105 Å². The van der Waals surface area contributed by atoms with E-state index in [4.69, 9.17) is 21.6 Å². The molecular weight excluding hydrogens is 220 g/mol. The summed E-state index contributed by atoms with van der Waals surface area (Å²) in [5, 5.41) is 7.41. The number of nitrogens with zero attached hydrogens (tertiary/aromatic N) is 1. The number of benzene rings is 1. The van der Waals surface area contributed by atoms with Crippen molar-refractivity contribution in [3.05, 3.63) is 23.8 Å². The number of nitrogens with one attached hydrogen (secondary N) is 1. The number of carbonyl (C=O) groups is 1. The first-order valence-corrected chi connectivity index (χ1v) is 5.12. The van der Waals surface area contributed by atoms with Gasteiger partial charge >= 0.3 is 6.03 Å². The molecular formula is C11H16N4O2. The molecule has 1 aromatic rings. The zero-order valence-corrected chi connectivity index (χ0v) is 9.86. The van der Waals surface area contributed by atoms with E-state index in [1.165, 1.54) is 7.11 Å². The number of hydrogen-bond acceptors (Lipinski definition) is 3.